The largest absolute Gasteiger partial charge is 0.464 e. The molecule has 2 N–H and O–H groups in total. The van der Waals surface area contributed by atoms with E-state index in [4.69, 9.17) is 0 Å². The lowest BCUT2D eigenvalue weighted by Crippen LogP contribution is -2.56. The Labute approximate surface area is 70.5 Å². The van der Waals surface area contributed by atoms with Crippen molar-refractivity contribution in [3.8, 4) is 0 Å². The highest BCUT2D eigenvalue weighted by Crippen LogP contribution is 1.92. The maximum Gasteiger partial charge on any atom is 0.332 e. The van der Waals surface area contributed by atoms with E-state index in [1.54, 1.807) is 6.92 Å². The Hall–Kier alpha value is -1.10. The summed E-state index contributed by atoms with van der Waals surface area (Å²) < 4.78 is 4.69. The fourth-order valence-corrected chi connectivity index (χ4v) is 1.01. The molecule has 0 aliphatic carbocycles. The van der Waals surface area contributed by atoms with Crippen LogP contribution < -0.4 is 10.6 Å². The van der Waals surface area contributed by atoms with Gasteiger partial charge in [0.25, 0.3) is 0 Å². The molecule has 1 aliphatic rings. The maximum atomic E-state index is 11.1. The monoisotopic (exact) mass is 172 g/mol. The Morgan fingerprint density at radius 2 is 2.42 bits per heavy atom. The van der Waals surface area contributed by atoms with Gasteiger partial charge in [0.05, 0.1) is 6.61 Å². The van der Waals surface area contributed by atoms with Gasteiger partial charge in [0.2, 0.25) is 5.91 Å². The predicted octanol–water partition coefficient (Wildman–Crippen LogP) is -1.36. The Morgan fingerprint density at radius 1 is 1.67 bits per heavy atom. The number of hydrogen-bond acceptors (Lipinski definition) is 4. The average Bonchev–Trinajstić information content (AvgIpc) is 2.05. The summed E-state index contributed by atoms with van der Waals surface area (Å²) in [6, 6.07) is -0.821. The van der Waals surface area contributed by atoms with Gasteiger partial charge in [-0.2, -0.15) is 0 Å². The first kappa shape index (κ1) is 8.99. The van der Waals surface area contributed by atoms with Crippen molar-refractivity contribution in [1.29, 1.82) is 0 Å². The number of hydrogen-bond donors (Lipinski definition) is 2. The summed E-state index contributed by atoms with van der Waals surface area (Å²) in [5, 5.41) is 5.34. The number of piperazine rings is 1. The zero-order valence-corrected chi connectivity index (χ0v) is 6.92. The van der Waals surface area contributed by atoms with E-state index in [0.717, 1.165) is 0 Å². The lowest BCUT2D eigenvalue weighted by atomic mass is 10.2. The molecule has 1 aliphatic heterocycles. The van der Waals surface area contributed by atoms with Crippen molar-refractivity contribution in [2.45, 2.75) is 13.0 Å². The van der Waals surface area contributed by atoms with E-state index < -0.39 is 12.0 Å². The highest BCUT2D eigenvalue weighted by Gasteiger charge is 2.29. The fourth-order valence-electron chi connectivity index (χ4n) is 1.01. The molecule has 0 saturated carbocycles. The van der Waals surface area contributed by atoms with Crippen LogP contribution in [0.4, 0.5) is 0 Å². The number of ether oxygens (including phenoxy) is 1. The van der Waals surface area contributed by atoms with Gasteiger partial charge >= 0.3 is 5.97 Å². The second-order valence-corrected chi connectivity index (χ2v) is 2.43. The number of carbonyl (C=O) groups is 2. The SMILES string of the molecule is CCOC(=O)C1NCCNC1=O. The second-order valence-electron chi connectivity index (χ2n) is 2.43. The molecule has 0 aromatic carbocycles. The molecule has 1 atom stereocenters. The van der Waals surface area contributed by atoms with Crippen LogP contribution in [0.5, 0.6) is 0 Å². The van der Waals surface area contributed by atoms with Gasteiger partial charge in [-0.15, -0.1) is 0 Å². The Kier molecular flexibility index (Phi) is 3.04. The molecule has 1 unspecified atom stereocenters. The van der Waals surface area contributed by atoms with Crippen LogP contribution in [0.2, 0.25) is 0 Å². The minimum absolute atomic E-state index is 0.296. The van der Waals surface area contributed by atoms with Crippen LogP contribution >= 0.6 is 0 Å². The van der Waals surface area contributed by atoms with E-state index in [1.807, 2.05) is 0 Å². The summed E-state index contributed by atoms with van der Waals surface area (Å²) in [4.78, 5) is 22.1. The third kappa shape index (κ3) is 1.94. The van der Waals surface area contributed by atoms with Crippen LogP contribution in [0.15, 0.2) is 0 Å². The average molecular weight is 172 g/mol. The van der Waals surface area contributed by atoms with Gasteiger partial charge < -0.3 is 10.1 Å². The van der Waals surface area contributed by atoms with Crippen molar-refractivity contribution in [2.75, 3.05) is 19.7 Å². The van der Waals surface area contributed by atoms with Crippen LogP contribution in [0.3, 0.4) is 0 Å². The first-order chi connectivity index (χ1) is 5.75. The first-order valence-corrected chi connectivity index (χ1v) is 3.93. The summed E-state index contributed by atoms with van der Waals surface area (Å²) in [5.41, 5.74) is 0. The number of amides is 1. The number of nitrogens with one attached hydrogen (secondary N) is 2. The van der Waals surface area contributed by atoms with E-state index in [2.05, 4.69) is 15.4 Å². The van der Waals surface area contributed by atoms with Crippen molar-refractivity contribution in [2.24, 2.45) is 0 Å². The summed E-state index contributed by atoms with van der Waals surface area (Å²) >= 11 is 0. The molecule has 5 heteroatoms. The fraction of sp³-hybridized carbons (Fsp3) is 0.714. The summed E-state index contributed by atoms with van der Waals surface area (Å²) in [6.07, 6.45) is 0. The standard InChI is InChI=1S/C7H12N2O3/c1-2-12-7(11)5-6(10)9-4-3-8-5/h5,8H,2-4H2,1H3,(H,9,10). The molecule has 1 heterocycles. The Bertz CT molecular complexity index is 193. The molecule has 1 rings (SSSR count). The third-order valence-electron chi connectivity index (χ3n) is 1.56. The van der Waals surface area contributed by atoms with Gasteiger partial charge in [-0.3, -0.25) is 10.1 Å². The minimum Gasteiger partial charge on any atom is -0.464 e. The van der Waals surface area contributed by atoms with Crippen molar-refractivity contribution < 1.29 is 14.3 Å². The highest BCUT2D eigenvalue weighted by atomic mass is 16.5. The number of carbonyl (C=O) groups excluding carboxylic acids is 2. The second kappa shape index (κ2) is 4.06. The van der Waals surface area contributed by atoms with E-state index >= 15 is 0 Å². The van der Waals surface area contributed by atoms with Crippen LogP contribution in [0.25, 0.3) is 0 Å². The van der Waals surface area contributed by atoms with Gasteiger partial charge in [-0.05, 0) is 6.92 Å². The molecule has 0 bridgehead atoms. The van der Waals surface area contributed by atoms with Crippen LogP contribution in [-0.2, 0) is 14.3 Å². The Morgan fingerprint density at radius 3 is 3.00 bits per heavy atom. The van der Waals surface area contributed by atoms with Crippen molar-refractivity contribution in [1.82, 2.24) is 10.6 Å². The lowest BCUT2D eigenvalue weighted by molar-refractivity contribution is -0.149. The van der Waals surface area contributed by atoms with E-state index in [1.165, 1.54) is 0 Å². The Balaban J connectivity index is 2.48. The van der Waals surface area contributed by atoms with Crippen molar-refractivity contribution >= 4 is 11.9 Å². The predicted molar refractivity (Wildman–Crippen MR) is 41.4 cm³/mol. The van der Waals surface area contributed by atoms with Gasteiger partial charge in [-0.25, -0.2) is 4.79 Å². The van der Waals surface area contributed by atoms with Gasteiger partial charge in [0, 0.05) is 13.1 Å². The molecule has 0 aromatic heterocycles. The molecule has 1 amide bonds. The third-order valence-corrected chi connectivity index (χ3v) is 1.56. The molecule has 0 aromatic rings. The lowest BCUT2D eigenvalue weighted by Gasteiger charge is -2.21. The quantitative estimate of drug-likeness (QED) is 0.398. The van der Waals surface area contributed by atoms with Crippen LogP contribution in [-0.4, -0.2) is 37.6 Å². The molecular formula is C7H12N2O3. The van der Waals surface area contributed by atoms with Gasteiger partial charge in [0.1, 0.15) is 0 Å². The number of esters is 1. The maximum absolute atomic E-state index is 11.1. The van der Waals surface area contributed by atoms with Gasteiger partial charge in [0.15, 0.2) is 6.04 Å². The summed E-state index contributed by atoms with van der Waals surface area (Å²) in [6.45, 7) is 3.17. The van der Waals surface area contributed by atoms with Crippen molar-refractivity contribution in [3.05, 3.63) is 0 Å². The van der Waals surface area contributed by atoms with Crippen molar-refractivity contribution in [3.63, 3.8) is 0 Å². The first-order valence-electron chi connectivity index (χ1n) is 3.93. The molecule has 12 heavy (non-hydrogen) atoms. The van der Waals surface area contributed by atoms with Crippen LogP contribution in [0, 0.1) is 0 Å². The molecule has 1 fully saturated rings. The topological polar surface area (TPSA) is 67.4 Å². The summed E-state index contributed by atoms with van der Waals surface area (Å²) in [7, 11) is 0. The smallest absolute Gasteiger partial charge is 0.332 e. The van der Waals surface area contributed by atoms with E-state index in [9.17, 15) is 9.59 Å². The molecule has 68 valence electrons. The number of rotatable bonds is 2. The summed E-state index contributed by atoms with van der Waals surface area (Å²) in [5.74, 6) is -0.811. The molecule has 0 radical (unpaired) electrons. The molecule has 0 spiro atoms. The molecule has 1 saturated heterocycles. The van der Waals surface area contributed by atoms with Crippen LogP contribution in [0.1, 0.15) is 6.92 Å². The van der Waals surface area contributed by atoms with E-state index in [0.29, 0.717) is 19.7 Å². The normalized spacial score (nSPS) is 23.1. The molecular weight excluding hydrogens is 160 g/mol. The zero-order valence-electron chi connectivity index (χ0n) is 6.92. The zero-order chi connectivity index (χ0) is 8.97. The van der Waals surface area contributed by atoms with E-state index in [-0.39, 0.29) is 5.91 Å². The highest BCUT2D eigenvalue weighted by molar-refractivity contribution is 6.02. The van der Waals surface area contributed by atoms with Gasteiger partial charge in [-0.1, -0.05) is 0 Å². The minimum atomic E-state index is -0.821. The molecule has 5 nitrogen and oxygen atoms in total.